The fourth-order valence-electron chi connectivity index (χ4n) is 2.38. The highest BCUT2D eigenvalue weighted by atomic mass is 79.9. The molecule has 5 nitrogen and oxygen atoms in total. The number of nitrogens with zero attached hydrogens (tertiary/aromatic N) is 1. The van der Waals surface area contributed by atoms with Crippen molar-refractivity contribution in [2.75, 3.05) is 24.4 Å². The number of rotatable bonds is 4. The SMILES string of the molecule is Cc1cc(Br)c(NS(=O)(=O)N2CCC(CN)CC2)c(Br)c1. The average Bonchev–Trinajstić information content (AvgIpc) is 2.43. The van der Waals surface area contributed by atoms with Gasteiger partial charge in [0, 0.05) is 22.0 Å². The number of halogens is 2. The van der Waals surface area contributed by atoms with E-state index in [-0.39, 0.29) is 0 Å². The van der Waals surface area contributed by atoms with Crippen LogP contribution in [0.2, 0.25) is 0 Å². The second-order valence-corrected chi connectivity index (χ2v) is 8.67. The van der Waals surface area contributed by atoms with Crippen LogP contribution in [0.5, 0.6) is 0 Å². The van der Waals surface area contributed by atoms with Crippen molar-refractivity contribution in [3.8, 4) is 0 Å². The van der Waals surface area contributed by atoms with Gasteiger partial charge in [-0.15, -0.1) is 0 Å². The average molecular weight is 441 g/mol. The Morgan fingerprint density at radius 3 is 2.29 bits per heavy atom. The molecule has 118 valence electrons. The second-order valence-electron chi connectivity index (χ2n) is 5.29. The normalized spacial score (nSPS) is 17.9. The minimum atomic E-state index is -3.54. The Labute approximate surface area is 142 Å². The molecule has 0 amide bonds. The molecule has 0 bridgehead atoms. The van der Waals surface area contributed by atoms with Crippen molar-refractivity contribution in [1.29, 1.82) is 0 Å². The molecule has 3 N–H and O–H groups in total. The summed E-state index contributed by atoms with van der Waals surface area (Å²) in [5, 5.41) is 0. The van der Waals surface area contributed by atoms with Gasteiger partial charge in [0.25, 0.3) is 0 Å². The Balaban J connectivity index is 2.15. The molecule has 1 aromatic carbocycles. The minimum absolute atomic E-state index is 0.425. The van der Waals surface area contributed by atoms with Crippen molar-refractivity contribution in [2.24, 2.45) is 11.7 Å². The van der Waals surface area contributed by atoms with Gasteiger partial charge < -0.3 is 5.73 Å². The summed E-state index contributed by atoms with van der Waals surface area (Å²) in [6.07, 6.45) is 1.63. The molecule has 0 atom stereocenters. The predicted molar refractivity (Wildman–Crippen MR) is 92.5 cm³/mol. The minimum Gasteiger partial charge on any atom is -0.330 e. The number of nitrogens with one attached hydrogen (secondary N) is 1. The Hall–Kier alpha value is -0.150. The van der Waals surface area contributed by atoms with E-state index in [9.17, 15) is 8.42 Å². The van der Waals surface area contributed by atoms with Crippen molar-refractivity contribution in [1.82, 2.24) is 4.31 Å². The summed E-state index contributed by atoms with van der Waals surface area (Å²) in [5.74, 6) is 0.425. The molecule has 0 spiro atoms. The second kappa shape index (κ2) is 6.95. The van der Waals surface area contributed by atoms with Crippen LogP contribution in [0.1, 0.15) is 18.4 Å². The molecule has 0 aromatic heterocycles. The van der Waals surface area contributed by atoms with Gasteiger partial charge in [0.15, 0.2) is 0 Å². The van der Waals surface area contributed by atoms with E-state index in [1.807, 2.05) is 19.1 Å². The first-order valence-corrected chi connectivity index (χ1v) is 9.79. The van der Waals surface area contributed by atoms with Gasteiger partial charge in [-0.25, -0.2) is 0 Å². The number of hydrogen-bond acceptors (Lipinski definition) is 3. The standard InChI is InChI=1S/C13H19Br2N3O2S/c1-9-6-11(14)13(12(15)7-9)17-21(19,20)18-4-2-10(8-16)3-5-18/h6-7,10,17H,2-5,8,16H2,1H3. The highest BCUT2D eigenvalue weighted by Crippen LogP contribution is 2.33. The molecule has 0 saturated carbocycles. The summed E-state index contributed by atoms with van der Waals surface area (Å²) < 4.78 is 30.5. The highest BCUT2D eigenvalue weighted by Gasteiger charge is 2.28. The third-order valence-corrected chi connectivity index (χ3v) is 6.42. The maximum absolute atomic E-state index is 12.5. The van der Waals surface area contributed by atoms with Crippen molar-refractivity contribution in [3.63, 3.8) is 0 Å². The van der Waals surface area contributed by atoms with Crippen LogP contribution in [0, 0.1) is 12.8 Å². The van der Waals surface area contributed by atoms with Crippen LogP contribution in [0.3, 0.4) is 0 Å². The summed E-state index contributed by atoms with van der Waals surface area (Å²) in [5.41, 5.74) is 7.21. The molecule has 8 heteroatoms. The zero-order valence-corrected chi connectivity index (χ0v) is 15.8. The monoisotopic (exact) mass is 439 g/mol. The van der Waals surface area contributed by atoms with E-state index in [1.165, 1.54) is 4.31 Å². The largest absolute Gasteiger partial charge is 0.330 e. The molecule has 0 aliphatic carbocycles. The Kier molecular flexibility index (Phi) is 5.70. The van der Waals surface area contributed by atoms with Gasteiger partial charge >= 0.3 is 10.2 Å². The van der Waals surface area contributed by atoms with E-state index in [0.29, 0.717) is 31.2 Å². The first kappa shape index (κ1) is 17.2. The number of benzene rings is 1. The lowest BCUT2D eigenvalue weighted by atomic mass is 9.99. The van der Waals surface area contributed by atoms with Gasteiger partial charge in [0.05, 0.1) is 5.69 Å². The lowest BCUT2D eigenvalue weighted by Crippen LogP contribution is -2.42. The van der Waals surface area contributed by atoms with Crippen molar-refractivity contribution in [2.45, 2.75) is 19.8 Å². The lowest BCUT2D eigenvalue weighted by molar-refractivity contribution is 0.280. The van der Waals surface area contributed by atoms with Gasteiger partial charge in [-0.2, -0.15) is 12.7 Å². The molecule has 1 saturated heterocycles. The number of anilines is 1. The molecule has 1 aliphatic heterocycles. The Bertz CT molecular complexity index is 591. The summed E-state index contributed by atoms with van der Waals surface area (Å²) >= 11 is 6.81. The van der Waals surface area contributed by atoms with Gasteiger partial charge in [-0.05, 0) is 81.8 Å². The highest BCUT2D eigenvalue weighted by molar-refractivity contribution is 9.11. The van der Waals surface area contributed by atoms with E-state index in [4.69, 9.17) is 5.73 Å². The zero-order valence-electron chi connectivity index (χ0n) is 11.8. The van der Waals surface area contributed by atoms with Crippen LogP contribution in [-0.2, 0) is 10.2 Å². The quantitative estimate of drug-likeness (QED) is 0.755. The van der Waals surface area contributed by atoms with E-state index in [0.717, 1.165) is 27.4 Å². The number of piperidine rings is 1. The van der Waals surface area contributed by atoms with Gasteiger partial charge in [-0.1, -0.05) is 0 Å². The third kappa shape index (κ3) is 4.19. The molecule has 1 fully saturated rings. The summed E-state index contributed by atoms with van der Waals surface area (Å²) in [6.45, 7) is 3.60. The van der Waals surface area contributed by atoms with Crippen LogP contribution in [0.4, 0.5) is 5.69 Å². The number of aryl methyl sites for hydroxylation is 1. The lowest BCUT2D eigenvalue weighted by Gasteiger charge is -2.30. The fraction of sp³-hybridized carbons (Fsp3) is 0.538. The van der Waals surface area contributed by atoms with E-state index < -0.39 is 10.2 Å². The van der Waals surface area contributed by atoms with Gasteiger partial charge in [0.2, 0.25) is 0 Å². The molecule has 1 heterocycles. The molecule has 2 rings (SSSR count). The van der Waals surface area contributed by atoms with E-state index in [1.54, 1.807) is 0 Å². The third-order valence-electron chi connectivity index (χ3n) is 3.66. The smallest absolute Gasteiger partial charge is 0.301 e. The van der Waals surface area contributed by atoms with Crippen LogP contribution < -0.4 is 10.5 Å². The molecular formula is C13H19Br2N3O2S. The number of nitrogens with two attached hydrogens (primary N) is 1. The van der Waals surface area contributed by atoms with Gasteiger partial charge in [-0.3, -0.25) is 4.72 Å². The molecule has 1 aliphatic rings. The molecular weight excluding hydrogens is 422 g/mol. The maximum atomic E-state index is 12.5. The predicted octanol–water partition coefficient (Wildman–Crippen LogP) is 2.85. The van der Waals surface area contributed by atoms with Crippen LogP contribution >= 0.6 is 31.9 Å². The van der Waals surface area contributed by atoms with E-state index >= 15 is 0 Å². The Morgan fingerprint density at radius 2 is 1.81 bits per heavy atom. The summed E-state index contributed by atoms with van der Waals surface area (Å²) in [7, 11) is -3.54. The molecule has 21 heavy (non-hydrogen) atoms. The van der Waals surface area contributed by atoms with Crippen LogP contribution in [-0.4, -0.2) is 32.4 Å². The first-order chi connectivity index (χ1) is 9.83. The Morgan fingerprint density at radius 1 is 1.29 bits per heavy atom. The van der Waals surface area contributed by atoms with E-state index in [2.05, 4.69) is 36.6 Å². The zero-order chi connectivity index (χ0) is 15.6. The molecule has 0 unspecified atom stereocenters. The molecule has 1 aromatic rings. The van der Waals surface area contributed by atoms with Crippen LogP contribution in [0.15, 0.2) is 21.1 Å². The van der Waals surface area contributed by atoms with Crippen molar-refractivity contribution >= 4 is 47.8 Å². The van der Waals surface area contributed by atoms with Gasteiger partial charge in [0.1, 0.15) is 0 Å². The van der Waals surface area contributed by atoms with Crippen LogP contribution in [0.25, 0.3) is 0 Å². The summed E-state index contributed by atoms with van der Waals surface area (Å²) in [4.78, 5) is 0. The summed E-state index contributed by atoms with van der Waals surface area (Å²) in [6, 6.07) is 3.76. The maximum Gasteiger partial charge on any atom is 0.301 e. The topological polar surface area (TPSA) is 75.4 Å². The number of hydrogen-bond donors (Lipinski definition) is 2. The van der Waals surface area contributed by atoms with Crippen molar-refractivity contribution in [3.05, 3.63) is 26.6 Å². The van der Waals surface area contributed by atoms with Crippen molar-refractivity contribution < 1.29 is 8.42 Å². The molecule has 0 radical (unpaired) electrons. The first-order valence-electron chi connectivity index (χ1n) is 6.77. The fourth-order valence-corrected chi connectivity index (χ4v) is 5.55.